The van der Waals surface area contributed by atoms with E-state index in [1.807, 2.05) is 60.7 Å². The van der Waals surface area contributed by atoms with Crippen LogP contribution in [-0.4, -0.2) is 57.7 Å². The lowest BCUT2D eigenvalue weighted by atomic mass is 10.2. The smallest absolute Gasteiger partial charge is 0.330 e. The monoisotopic (exact) mass is 444 g/mol. The summed E-state index contributed by atoms with van der Waals surface area (Å²) >= 11 is 0. The summed E-state index contributed by atoms with van der Waals surface area (Å²) < 4.78 is 11.6. The number of benzene rings is 2. The van der Waals surface area contributed by atoms with Crippen LogP contribution in [0.4, 0.5) is 0 Å². The van der Waals surface area contributed by atoms with Crippen molar-refractivity contribution < 1.29 is 23.9 Å². The normalized spacial score (nSPS) is 13.9. The van der Waals surface area contributed by atoms with Crippen LogP contribution in [0.15, 0.2) is 60.7 Å². The number of carbonyl (C=O) groups is 2. The van der Waals surface area contributed by atoms with Gasteiger partial charge in [-0.2, -0.15) is 0 Å². The second-order valence-corrected chi connectivity index (χ2v) is 12.7. The van der Waals surface area contributed by atoms with Gasteiger partial charge < -0.3 is 25.3 Å². The Kier molecular flexibility index (Phi) is 8.52. The average molecular weight is 445 g/mol. The maximum Gasteiger partial charge on any atom is 0.330 e. The van der Waals surface area contributed by atoms with Crippen LogP contribution in [0.3, 0.4) is 0 Å². The molecule has 0 saturated carbocycles. The Morgan fingerprint density at radius 1 is 1.03 bits per heavy atom. The highest BCUT2D eigenvalue weighted by molar-refractivity contribution is 6.99. The minimum Gasteiger partial charge on any atom is -0.467 e. The largest absolute Gasteiger partial charge is 0.467 e. The van der Waals surface area contributed by atoms with Gasteiger partial charge in [-0.3, -0.25) is 4.79 Å². The summed E-state index contributed by atoms with van der Waals surface area (Å²) in [5.41, 5.74) is 5.59. The quantitative estimate of drug-likeness (QED) is 0.385. The first-order valence-electron chi connectivity index (χ1n) is 10.2. The molecule has 4 N–H and O–H groups in total. The number of methoxy groups -OCH3 is 1. The first kappa shape index (κ1) is 24.7. The molecule has 2 aromatic carbocycles. The molecular formula is C23H32N2O5Si. The Morgan fingerprint density at radius 2 is 1.52 bits per heavy atom. The zero-order valence-corrected chi connectivity index (χ0v) is 19.5. The molecular weight excluding hydrogens is 412 g/mol. The van der Waals surface area contributed by atoms with Gasteiger partial charge in [-0.15, -0.1) is 0 Å². The number of aliphatic hydroxyl groups excluding tert-OH is 1. The van der Waals surface area contributed by atoms with Crippen molar-refractivity contribution in [1.82, 2.24) is 5.32 Å². The number of nitrogens with two attached hydrogens (primary N) is 1. The molecule has 0 spiro atoms. The summed E-state index contributed by atoms with van der Waals surface area (Å²) in [5, 5.41) is 13.5. The van der Waals surface area contributed by atoms with Gasteiger partial charge in [-0.05, 0) is 15.4 Å². The number of nitrogens with one attached hydrogen (secondary N) is 1. The van der Waals surface area contributed by atoms with E-state index in [0.717, 1.165) is 10.4 Å². The molecule has 31 heavy (non-hydrogen) atoms. The van der Waals surface area contributed by atoms with Crippen molar-refractivity contribution in [3.63, 3.8) is 0 Å². The molecule has 2 atom stereocenters. The third kappa shape index (κ3) is 5.59. The highest BCUT2D eigenvalue weighted by Crippen LogP contribution is 2.36. The molecule has 7 nitrogen and oxygen atoms in total. The number of amides is 1. The predicted octanol–water partition coefficient (Wildman–Crippen LogP) is 0.540. The lowest BCUT2D eigenvalue weighted by Crippen LogP contribution is -2.67. The van der Waals surface area contributed by atoms with Crippen LogP contribution in [0.5, 0.6) is 0 Å². The Balaban J connectivity index is 2.49. The van der Waals surface area contributed by atoms with Crippen molar-refractivity contribution in [2.45, 2.75) is 37.9 Å². The Labute approximate surface area is 184 Å². The first-order chi connectivity index (χ1) is 14.7. The fourth-order valence-corrected chi connectivity index (χ4v) is 8.21. The molecule has 0 radical (unpaired) electrons. The molecule has 168 valence electrons. The molecule has 0 fully saturated rings. The summed E-state index contributed by atoms with van der Waals surface area (Å²) in [4.78, 5) is 24.6. The highest BCUT2D eigenvalue weighted by Gasteiger charge is 2.50. The van der Waals surface area contributed by atoms with E-state index >= 15 is 0 Å². The third-order valence-electron chi connectivity index (χ3n) is 5.22. The van der Waals surface area contributed by atoms with Gasteiger partial charge in [0.25, 0.3) is 8.32 Å². The van der Waals surface area contributed by atoms with E-state index in [2.05, 4.69) is 26.1 Å². The van der Waals surface area contributed by atoms with E-state index in [-0.39, 0.29) is 11.6 Å². The van der Waals surface area contributed by atoms with Gasteiger partial charge in [0.2, 0.25) is 5.91 Å². The van der Waals surface area contributed by atoms with Crippen LogP contribution in [0, 0.1) is 0 Å². The van der Waals surface area contributed by atoms with Crippen LogP contribution in [0.1, 0.15) is 20.8 Å². The van der Waals surface area contributed by atoms with Gasteiger partial charge in [0.15, 0.2) is 0 Å². The summed E-state index contributed by atoms with van der Waals surface area (Å²) in [5.74, 6) is -1.29. The number of esters is 1. The molecule has 2 rings (SSSR count). The lowest BCUT2D eigenvalue weighted by Gasteiger charge is -2.43. The van der Waals surface area contributed by atoms with Gasteiger partial charge in [0.05, 0.1) is 20.3 Å². The molecule has 0 heterocycles. The molecule has 0 aliphatic rings. The maximum atomic E-state index is 12.4. The predicted molar refractivity (Wildman–Crippen MR) is 123 cm³/mol. The minimum absolute atomic E-state index is 0.0934. The number of carbonyl (C=O) groups excluding carboxylic acids is 2. The first-order valence-corrected chi connectivity index (χ1v) is 12.1. The van der Waals surface area contributed by atoms with E-state index in [0.29, 0.717) is 0 Å². The number of hydrogen-bond donors (Lipinski definition) is 3. The van der Waals surface area contributed by atoms with Crippen molar-refractivity contribution >= 4 is 30.6 Å². The standard InChI is InChI=1S/C23H32N2O5Si/c1-23(2,3)31(17-11-7-5-8-12-17,18-13-9-6-10-14-18)30-16-20(22(28)29-4)25-21(27)19(24)15-26/h5-14,19-20,26H,15-16,24H2,1-4H3,(H,25,27)/t19-,20-/m0/s1. The molecule has 0 aliphatic carbocycles. The van der Waals surface area contributed by atoms with Gasteiger partial charge in [-0.25, -0.2) is 4.79 Å². The molecule has 0 aliphatic heterocycles. The van der Waals surface area contributed by atoms with Gasteiger partial charge >= 0.3 is 5.97 Å². The zero-order chi connectivity index (χ0) is 23.1. The van der Waals surface area contributed by atoms with Crippen molar-refractivity contribution in [2.24, 2.45) is 5.73 Å². The summed E-state index contributed by atoms with van der Waals surface area (Å²) in [6, 6.07) is 17.7. The Hall–Kier alpha value is -2.52. The van der Waals surface area contributed by atoms with Crippen molar-refractivity contribution in [3.8, 4) is 0 Å². The van der Waals surface area contributed by atoms with Crippen LogP contribution in [-0.2, 0) is 18.8 Å². The number of ether oxygens (including phenoxy) is 1. The SMILES string of the molecule is COC(=O)[C@H](CO[Si](c1ccccc1)(c1ccccc1)C(C)(C)C)NC(=O)[C@@H](N)CO. The van der Waals surface area contributed by atoms with E-state index in [9.17, 15) is 9.59 Å². The summed E-state index contributed by atoms with van der Waals surface area (Å²) in [6.07, 6.45) is 0. The Morgan fingerprint density at radius 3 is 1.90 bits per heavy atom. The molecule has 8 heteroatoms. The molecule has 0 unspecified atom stereocenters. The van der Waals surface area contributed by atoms with Crippen LogP contribution >= 0.6 is 0 Å². The van der Waals surface area contributed by atoms with E-state index < -0.39 is 38.9 Å². The van der Waals surface area contributed by atoms with Gasteiger partial charge in [0.1, 0.15) is 12.1 Å². The number of hydrogen-bond acceptors (Lipinski definition) is 6. The fourth-order valence-electron chi connectivity index (χ4n) is 3.64. The number of aliphatic hydroxyl groups is 1. The van der Waals surface area contributed by atoms with E-state index in [1.165, 1.54) is 7.11 Å². The van der Waals surface area contributed by atoms with Crippen molar-refractivity contribution in [1.29, 1.82) is 0 Å². The molecule has 0 aromatic heterocycles. The second kappa shape index (κ2) is 10.7. The van der Waals surface area contributed by atoms with Crippen LogP contribution in [0.2, 0.25) is 5.04 Å². The fraction of sp³-hybridized carbons (Fsp3) is 0.391. The molecule has 1 amide bonds. The second-order valence-electron chi connectivity index (χ2n) is 8.35. The van der Waals surface area contributed by atoms with Gasteiger partial charge in [-0.1, -0.05) is 81.4 Å². The zero-order valence-electron chi connectivity index (χ0n) is 18.5. The van der Waals surface area contributed by atoms with E-state index in [1.54, 1.807) is 0 Å². The van der Waals surface area contributed by atoms with Crippen molar-refractivity contribution in [2.75, 3.05) is 20.3 Å². The molecule has 2 aromatic rings. The topological polar surface area (TPSA) is 111 Å². The van der Waals surface area contributed by atoms with Gasteiger partial charge in [0, 0.05) is 0 Å². The van der Waals surface area contributed by atoms with E-state index in [4.69, 9.17) is 20.0 Å². The van der Waals surface area contributed by atoms with Crippen LogP contribution in [0.25, 0.3) is 0 Å². The maximum absolute atomic E-state index is 12.4. The van der Waals surface area contributed by atoms with Crippen molar-refractivity contribution in [3.05, 3.63) is 60.7 Å². The third-order valence-corrected chi connectivity index (χ3v) is 10.2. The lowest BCUT2D eigenvalue weighted by molar-refractivity contribution is -0.146. The molecule has 0 bridgehead atoms. The summed E-state index contributed by atoms with van der Waals surface area (Å²) in [7, 11) is -1.65. The summed E-state index contributed by atoms with van der Waals surface area (Å²) in [6.45, 7) is 5.73. The highest BCUT2D eigenvalue weighted by atomic mass is 28.4. The average Bonchev–Trinajstić information content (AvgIpc) is 2.77. The van der Waals surface area contributed by atoms with Crippen LogP contribution < -0.4 is 21.4 Å². The number of rotatable bonds is 9. The Bertz CT molecular complexity index is 816. The minimum atomic E-state index is -2.90. The molecule has 0 saturated heterocycles.